The molecule has 0 radical (unpaired) electrons. The van der Waals surface area contributed by atoms with Gasteiger partial charge in [0.25, 0.3) is 11.8 Å². The van der Waals surface area contributed by atoms with Crippen LogP contribution in [0.25, 0.3) is 22.2 Å². The summed E-state index contributed by atoms with van der Waals surface area (Å²) in [6, 6.07) is 8.96. The van der Waals surface area contributed by atoms with E-state index in [9.17, 15) is 14.4 Å². The van der Waals surface area contributed by atoms with E-state index in [4.69, 9.17) is 10.5 Å². The number of carbonyl (C=O) groups is 3. The number of para-hydroxylation sites is 1. The summed E-state index contributed by atoms with van der Waals surface area (Å²) in [5.41, 5.74) is 8.27. The molecule has 10 heteroatoms. The second kappa shape index (κ2) is 8.83. The molecule has 3 N–H and O–H groups in total. The van der Waals surface area contributed by atoms with Gasteiger partial charge in [0.05, 0.1) is 40.5 Å². The highest BCUT2D eigenvalue weighted by molar-refractivity contribution is 7.18. The van der Waals surface area contributed by atoms with E-state index in [-0.39, 0.29) is 15.4 Å². The zero-order valence-corrected chi connectivity index (χ0v) is 19.0. The lowest BCUT2D eigenvalue weighted by atomic mass is 10.0. The normalized spacial score (nSPS) is 10.9. The average Bonchev–Trinajstić information content (AvgIpc) is 3.42. The van der Waals surface area contributed by atoms with Crippen molar-refractivity contribution in [2.24, 2.45) is 5.73 Å². The third-order valence-electron chi connectivity index (χ3n) is 5.20. The number of amides is 2. The number of thiophene rings is 1. The highest BCUT2D eigenvalue weighted by atomic mass is 32.1. The molecule has 0 fully saturated rings. The van der Waals surface area contributed by atoms with Gasteiger partial charge >= 0.3 is 5.97 Å². The number of primary amides is 1. The fraction of sp³-hybridized carbons (Fsp3) is 0.174. The number of nitrogens with one attached hydrogen (secondary N) is 1. The van der Waals surface area contributed by atoms with Crippen molar-refractivity contribution in [3.63, 3.8) is 0 Å². The number of benzene rings is 1. The molecule has 168 valence electrons. The average molecular weight is 464 g/mol. The number of hydrogen-bond acceptors (Lipinski definition) is 7. The summed E-state index contributed by atoms with van der Waals surface area (Å²) < 4.78 is 6.62. The van der Waals surface area contributed by atoms with Crippen molar-refractivity contribution < 1.29 is 19.1 Å². The van der Waals surface area contributed by atoms with Gasteiger partial charge in [-0.05, 0) is 31.5 Å². The van der Waals surface area contributed by atoms with E-state index >= 15 is 0 Å². The zero-order valence-electron chi connectivity index (χ0n) is 18.2. The van der Waals surface area contributed by atoms with Crippen LogP contribution in [-0.4, -0.2) is 39.7 Å². The Kier molecular flexibility index (Phi) is 5.93. The van der Waals surface area contributed by atoms with Crippen molar-refractivity contribution in [2.75, 3.05) is 12.4 Å². The summed E-state index contributed by atoms with van der Waals surface area (Å²) in [5, 5.41) is 7.89. The second-order valence-electron chi connectivity index (χ2n) is 7.23. The molecule has 9 nitrogen and oxygen atoms in total. The third kappa shape index (κ3) is 4.08. The van der Waals surface area contributed by atoms with Gasteiger partial charge in [0.1, 0.15) is 5.00 Å². The van der Waals surface area contributed by atoms with Crippen LogP contribution in [0.15, 0.2) is 42.7 Å². The van der Waals surface area contributed by atoms with E-state index in [0.29, 0.717) is 34.3 Å². The Bertz CT molecular complexity index is 1410. The molecule has 0 spiro atoms. The highest BCUT2D eigenvalue weighted by Gasteiger charge is 2.26. The van der Waals surface area contributed by atoms with Crippen molar-refractivity contribution in [2.45, 2.75) is 20.4 Å². The van der Waals surface area contributed by atoms with Crippen molar-refractivity contribution in [1.82, 2.24) is 14.8 Å². The molecular weight excluding hydrogens is 442 g/mol. The number of methoxy groups -OCH3 is 1. The van der Waals surface area contributed by atoms with E-state index < -0.39 is 17.8 Å². The molecule has 0 unspecified atom stereocenters. The van der Waals surface area contributed by atoms with Gasteiger partial charge in [-0.3, -0.25) is 14.3 Å². The molecule has 0 bridgehead atoms. The van der Waals surface area contributed by atoms with Crippen molar-refractivity contribution in [1.29, 1.82) is 0 Å². The van der Waals surface area contributed by atoms with E-state index in [2.05, 4.69) is 15.4 Å². The minimum absolute atomic E-state index is 0.104. The fourth-order valence-corrected chi connectivity index (χ4v) is 4.58. The van der Waals surface area contributed by atoms with Crippen LogP contribution in [0, 0.1) is 6.92 Å². The van der Waals surface area contributed by atoms with Crippen LogP contribution in [0.3, 0.4) is 0 Å². The van der Waals surface area contributed by atoms with Crippen LogP contribution in [0.5, 0.6) is 0 Å². The Labute approximate surface area is 193 Å². The number of aromatic nitrogens is 3. The lowest BCUT2D eigenvalue weighted by Crippen LogP contribution is -2.15. The maximum atomic E-state index is 13.4. The predicted molar refractivity (Wildman–Crippen MR) is 126 cm³/mol. The summed E-state index contributed by atoms with van der Waals surface area (Å²) in [6.45, 7) is 4.27. The standard InChI is InChI=1S/C23H21N5O4S/c1-4-28-11-13(10-25-28)17-9-15(14-7-5-6-8-16(14)26-17)21(30)27-22-18(23(31)32-3)12(2)19(33-22)20(24)29/h5-11H,4H2,1-3H3,(H2,24,29)(H,27,30). The molecule has 0 saturated carbocycles. The first-order valence-corrected chi connectivity index (χ1v) is 10.9. The van der Waals surface area contributed by atoms with Crippen molar-refractivity contribution >= 4 is 45.0 Å². The van der Waals surface area contributed by atoms with Crippen LogP contribution in [0.4, 0.5) is 5.00 Å². The highest BCUT2D eigenvalue weighted by Crippen LogP contribution is 2.34. The van der Waals surface area contributed by atoms with Crippen molar-refractivity contribution in [3.05, 3.63) is 64.3 Å². The molecule has 3 heterocycles. The summed E-state index contributed by atoms with van der Waals surface area (Å²) in [7, 11) is 1.23. The van der Waals surface area contributed by atoms with E-state index in [0.717, 1.165) is 16.9 Å². The van der Waals surface area contributed by atoms with Crippen LogP contribution in [-0.2, 0) is 11.3 Å². The van der Waals surface area contributed by atoms with Gasteiger partial charge < -0.3 is 15.8 Å². The molecule has 1 aromatic carbocycles. The molecule has 3 aromatic heterocycles. The lowest BCUT2D eigenvalue weighted by molar-refractivity contribution is 0.0601. The fourth-order valence-electron chi connectivity index (χ4n) is 3.53. The number of nitrogens with two attached hydrogens (primary N) is 1. The van der Waals surface area contributed by atoms with Crippen LogP contribution in [0.1, 0.15) is 42.9 Å². The SMILES string of the molecule is CCn1cc(-c2cc(C(=O)Nc3sc(C(N)=O)c(C)c3C(=O)OC)c3ccccc3n2)cn1. The largest absolute Gasteiger partial charge is 0.465 e. The predicted octanol–water partition coefficient (Wildman–Crippen LogP) is 3.63. The van der Waals surface area contributed by atoms with E-state index in [1.807, 2.05) is 31.3 Å². The quantitative estimate of drug-likeness (QED) is 0.420. The van der Waals surface area contributed by atoms with Crippen molar-refractivity contribution in [3.8, 4) is 11.3 Å². The molecule has 0 atom stereocenters. The molecule has 0 aliphatic rings. The number of aryl methyl sites for hydroxylation is 1. The first-order chi connectivity index (χ1) is 15.8. The summed E-state index contributed by atoms with van der Waals surface area (Å²) in [6.07, 6.45) is 3.55. The molecule has 4 aromatic rings. The van der Waals surface area contributed by atoms with Gasteiger partial charge in [-0.2, -0.15) is 5.10 Å². The molecule has 0 aliphatic heterocycles. The third-order valence-corrected chi connectivity index (χ3v) is 6.42. The van der Waals surface area contributed by atoms with Gasteiger partial charge in [-0.1, -0.05) is 18.2 Å². The second-order valence-corrected chi connectivity index (χ2v) is 8.25. The van der Waals surface area contributed by atoms with E-state index in [1.165, 1.54) is 7.11 Å². The van der Waals surface area contributed by atoms with Crippen LogP contribution < -0.4 is 11.1 Å². The summed E-state index contributed by atoms with van der Waals surface area (Å²) in [4.78, 5) is 42.4. The molecular formula is C23H21N5O4S. The number of ether oxygens (including phenoxy) is 1. The number of fused-ring (bicyclic) bond motifs is 1. The topological polar surface area (TPSA) is 129 Å². The lowest BCUT2D eigenvalue weighted by Gasteiger charge is -2.10. The molecule has 4 rings (SSSR count). The summed E-state index contributed by atoms with van der Waals surface area (Å²) in [5.74, 6) is -1.81. The Morgan fingerprint density at radius 2 is 2.00 bits per heavy atom. The Balaban J connectivity index is 1.81. The number of nitrogens with zero attached hydrogens (tertiary/aromatic N) is 3. The number of rotatable bonds is 6. The number of carbonyl (C=O) groups excluding carboxylic acids is 3. The Morgan fingerprint density at radius 1 is 1.24 bits per heavy atom. The minimum Gasteiger partial charge on any atom is -0.465 e. The minimum atomic E-state index is -0.687. The van der Waals surface area contributed by atoms with Gasteiger partial charge in [0.15, 0.2) is 0 Å². The molecule has 0 saturated heterocycles. The smallest absolute Gasteiger partial charge is 0.341 e. The molecule has 0 aliphatic carbocycles. The molecule has 2 amide bonds. The van der Waals surface area contributed by atoms with Gasteiger partial charge in [-0.25, -0.2) is 9.78 Å². The first-order valence-electron chi connectivity index (χ1n) is 10.1. The number of pyridine rings is 1. The molecule has 33 heavy (non-hydrogen) atoms. The maximum absolute atomic E-state index is 13.4. The number of anilines is 1. The monoisotopic (exact) mass is 463 g/mol. The summed E-state index contributed by atoms with van der Waals surface area (Å²) >= 11 is 0.937. The maximum Gasteiger partial charge on any atom is 0.341 e. The van der Waals surface area contributed by atoms with Gasteiger partial charge in [0.2, 0.25) is 0 Å². The van der Waals surface area contributed by atoms with Gasteiger partial charge in [-0.15, -0.1) is 11.3 Å². The zero-order chi connectivity index (χ0) is 23.7. The van der Waals surface area contributed by atoms with Crippen LogP contribution >= 0.6 is 11.3 Å². The first kappa shape index (κ1) is 22.2. The Morgan fingerprint density at radius 3 is 2.67 bits per heavy atom. The number of hydrogen-bond donors (Lipinski definition) is 2. The number of esters is 1. The van der Waals surface area contributed by atoms with Gasteiger partial charge in [0, 0.05) is 23.7 Å². The van der Waals surface area contributed by atoms with E-state index in [1.54, 1.807) is 29.9 Å². The van der Waals surface area contributed by atoms with Crippen LogP contribution in [0.2, 0.25) is 0 Å². The Hall–Kier alpha value is -4.05.